The quantitative estimate of drug-likeness (QED) is 0.884. The molecule has 0 saturated carbocycles. The summed E-state index contributed by atoms with van der Waals surface area (Å²) in [5.74, 6) is 1.58. The third kappa shape index (κ3) is 4.23. The second kappa shape index (κ2) is 7.71. The predicted molar refractivity (Wildman–Crippen MR) is 72.9 cm³/mol. The van der Waals surface area contributed by atoms with Gasteiger partial charge in [0.1, 0.15) is 0 Å². The van der Waals surface area contributed by atoms with Crippen LogP contribution in [-0.4, -0.2) is 41.2 Å². The highest BCUT2D eigenvalue weighted by atomic mass is 35.5. The van der Waals surface area contributed by atoms with E-state index in [1.807, 2.05) is 0 Å². The molecule has 0 amide bonds. The molecule has 18 heavy (non-hydrogen) atoms. The van der Waals surface area contributed by atoms with Gasteiger partial charge in [-0.15, -0.1) is 12.4 Å². The molecule has 0 aliphatic carbocycles. The molecule has 0 radical (unpaired) electrons. The molecule has 5 nitrogen and oxygen atoms in total. The number of hydrogen-bond donors (Lipinski definition) is 1. The highest BCUT2D eigenvalue weighted by molar-refractivity contribution is 5.85. The van der Waals surface area contributed by atoms with Crippen LogP contribution in [0.2, 0.25) is 0 Å². The first-order chi connectivity index (χ1) is 8.29. The largest absolute Gasteiger partial charge is 0.339 e. The van der Waals surface area contributed by atoms with Gasteiger partial charge in [-0.1, -0.05) is 12.1 Å². The van der Waals surface area contributed by atoms with Gasteiger partial charge in [0.15, 0.2) is 5.82 Å². The fourth-order valence-electron chi connectivity index (χ4n) is 2.27. The first-order valence-electron chi connectivity index (χ1n) is 6.52. The normalized spacial score (nSPS) is 16.8. The van der Waals surface area contributed by atoms with Crippen LogP contribution in [0.3, 0.4) is 0 Å². The van der Waals surface area contributed by atoms with Gasteiger partial charge < -0.3 is 9.84 Å². The predicted octanol–water partition coefficient (Wildman–Crippen LogP) is 1.63. The summed E-state index contributed by atoms with van der Waals surface area (Å²) in [5, 5.41) is 7.40. The van der Waals surface area contributed by atoms with Crippen molar-refractivity contribution in [3.63, 3.8) is 0 Å². The summed E-state index contributed by atoms with van der Waals surface area (Å²) in [7, 11) is 2.14. The summed E-state index contributed by atoms with van der Waals surface area (Å²) >= 11 is 0. The van der Waals surface area contributed by atoms with Gasteiger partial charge in [0.05, 0.1) is 6.54 Å². The minimum Gasteiger partial charge on any atom is -0.339 e. The zero-order valence-corrected chi connectivity index (χ0v) is 12.0. The molecule has 0 unspecified atom stereocenters. The number of aryl methyl sites for hydroxylation is 1. The van der Waals surface area contributed by atoms with Crippen molar-refractivity contribution in [3.8, 4) is 0 Å². The van der Waals surface area contributed by atoms with Gasteiger partial charge >= 0.3 is 0 Å². The average molecular weight is 275 g/mol. The van der Waals surface area contributed by atoms with Crippen LogP contribution < -0.4 is 5.32 Å². The Balaban J connectivity index is 0.00000162. The summed E-state index contributed by atoms with van der Waals surface area (Å²) in [6.07, 6.45) is 4.34. The molecule has 1 aliphatic heterocycles. The lowest BCUT2D eigenvalue weighted by molar-refractivity contribution is 0.186. The zero-order valence-electron chi connectivity index (χ0n) is 11.2. The van der Waals surface area contributed by atoms with E-state index in [2.05, 4.69) is 34.3 Å². The van der Waals surface area contributed by atoms with Crippen LogP contribution in [0.5, 0.6) is 0 Å². The van der Waals surface area contributed by atoms with Crippen molar-refractivity contribution in [2.45, 2.75) is 45.2 Å². The van der Waals surface area contributed by atoms with E-state index in [9.17, 15) is 0 Å². The van der Waals surface area contributed by atoms with Crippen LogP contribution in [0.4, 0.5) is 0 Å². The first-order valence-corrected chi connectivity index (χ1v) is 6.52. The van der Waals surface area contributed by atoms with Crippen molar-refractivity contribution in [1.82, 2.24) is 20.4 Å². The number of piperidine rings is 1. The van der Waals surface area contributed by atoms with E-state index in [1.165, 1.54) is 12.8 Å². The van der Waals surface area contributed by atoms with Gasteiger partial charge in [-0.3, -0.25) is 4.90 Å². The molecule has 1 aromatic rings. The summed E-state index contributed by atoms with van der Waals surface area (Å²) in [5.41, 5.74) is 0. The minimum atomic E-state index is 0. The van der Waals surface area contributed by atoms with E-state index in [-0.39, 0.29) is 12.4 Å². The molecule has 0 bridgehead atoms. The maximum absolute atomic E-state index is 5.19. The Labute approximate surface area is 115 Å². The molecule has 1 saturated heterocycles. The van der Waals surface area contributed by atoms with Crippen molar-refractivity contribution in [3.05, 3.63) is 11.7 Å². The van der Waals surface area contributed by atoms with E-state index < -0.39 is 0 Å². The van der Waals surface area contributed by atoms with Gasteiger partial charge in [0.2, 0.25) is 5.89 Å². The molecule has 6 heteroatoms. The number of hydrogen-bond acceptors (Lipinski definition) is 5. The Bertz CT molecular complexity index is 339. The Morgan fingerprint density at radius 3 is 2.78 bits per heavy atom. The summed E-state index contributed by atoms with van der Waals surface area (Å²) in [4.78, 5) is 6.73. The number of rotatable bonds is 5. The number of aromatic nitrogens is 2. The maximum Gasteiger partial charge on any atom is 0.226 e. The Hall–Kier alpha value is -0.650. The fraction of sp³-hybridized carbons (Fsp3) is 0.833. The molecular weight excluding hydrogens is 252 g/mol. The molecular formula is C12H23ClN4O. The minimum absolute atomic E-state index is 0. The van der Waals surface area contributed by atoms with Crippen LogP contribution in [0, 0.1) is 0 Å². The SMILES string of the molecule is CCCc1nc(CN(C)C2CCNCC2)no1.Cl. The summed E-state index contributed by atoms with van der Waals surface area (Å²) in [6, 6.07) is 0.643. The molecule has 0 atom stereocenters. The van der Waals surface area contributed by atoms with Crippen LogP contribution in [0.15, 0.2) is 4.52 Å². The fourth-order valence-corrected chi connectivity index (χ4v) is 2.27. The monoisotopic (exact) mass is 274 g/mol. The lowest BCUT2D eigenvalue weighted by atomic mass is 10.1. The van der Waals surface area contributed by atoms with Crippen LogP contribution >= 0.6 is 12.4 Å². The van der Waals surface area contributed by atoms with Gasteiger partial charge in [-0.2, -0.15) is 4.98 Å². The van der Waals surface area contributed by atoms with Crippen molar-refractivity contribution < 1.29 is 4.52 Å². The summed E-state index contributed by atoms with van der Waals surface area (Å²) in [6.45, 7) is 5.13. The lowest BCUT2D eigenvalue weighted by Gasteiger charge is -2.30. The van der Waals surface area contributed by atoms with E-state index in [1.54, 1.807) is 0 Å². The third-order valence-corrected chi connectivity index (χ3v) is 3.30. The van der Waals surface area contributed by atoms with Crippen LogP contribution in [0.1, 0.15) is 37.9 Å². The van der Waals surface area contributed by atoms with E-state index in [0.29, 0.717) is 6.04 Å². The second-order valence-corrected chi connectivity index (χ2v) is 4.75. The van der Waals surface area contributed by atoms with Crippen molar-refractivity contribution >= 4 is 12.4 Å². The van der Waals surface area contributed by atoms with Crippen molar-refractivity contribution in [2.75, 3.05) is 20.1 Å². The number of halogens is 1. The van der Waals surface area contributed by atoms with E-state index in [0.717, 1.165) is 44.2 Å². The first kappa shape index (κ1) is 15.4. The smallest absolute Gasteiger partial charge is 0.226 e. The Morgan fingerprint density at radius 2 is 2.11 bits per heavy atom. The van der Waals surface area contributed by atoms with Crippen LogP contribution in [0.25, 0.3) is 0 Å². The standard InChI is InChI=1S/C12H22N4O.ClH/c1-3-4-12-14-11(15-17-12)9-16(2)10-5-7-13-8-6-10;/h10,13H,3-9H2,1-2H3;1H. The molecule has 1 aliphatic rings. The highest BCUT2D eigenvalue weighted by Gasteiger charge is 2.19. The summed E-state index contributed by atoms with van der Waals surface area (Å²) < 4.78 is 5.19. The van der Waals surface area contributed by atoms with Gasteiger partial charge in [0, 0.05) is 12.5 Å². The van der Waals surface area contributed by atoms with E-state index in [4.69, 9.17) is 4.52 Å². The Kier molecular flexibility index (Phi) is 6.60. The van der Waals surface area contributed by atoms with Crippen molar-refractivity contribution in [1.29, 1.82) is 0 Å². The molecule has 0 aromatic carbocycles. The van der Waals surface area contributed by atoms with Crippen molar-refractivity contribution in [2.24, 2.45) is 0 Å². The molecule has 2 rings (SSSR count). The molecule has 0 spiro atoms. The van der Waals surface area contributed by atoms with Gasteiger partial charge in [-0.05, 0) is 39.4 Å². The van der Waals surface area contributed by atoms with Gasteiger partial charge in [0.25, 0.3) is 0 Å². The molecule has 1 fully saturated rings. The van der Waals surface area contributed by atoms with Gasteiger partial charge in [-0.25, -0.2) is 0 Å². The second-order valence-electron chi connectivity index (χ2n) is 4.75. The molecule has 2 heterocycles. The topological polar surface area (TPSA) is 54.2 Å². The Morgan fingerprint density at radius 1 is 1.39 bits per heavy atom. The van der Waals surface area contributed by atoms with E-state index >= 15 is 0 Å². The zero-order chi connectivity index (χ0) is 12.1. The molecule has 1 N–H and O–H groups in total. The van der Waals surface area contributed by atoms with Crippen LogP contribution in [-0.2, 0) is 13.0 Å². The third-order valence-electron chi connectivity index (χ3n) is 3.30. The average Bonchev–Trinajstić information content (AvgIpc) is 2.78. The number of nitrogens with zero attached hydrogens (tertiary/aromatic N) is 3. The molecule has 1 aromatic heterocycles. The highest BCUT2D eigenvalue weighted by Crippen LogP contribution is 2.12. The maximum atomic E-state index is 5.19. The lowest BCUT2D eigenvalue weighted by Crippen LogP contribution is -2.40. The molecule has 104 valence electrons. The number of nitrogens with one attached hydrogen (secondary N) is 1.